The zero-order valence-electron chi connectivity index (χ0n) is 9.33. The van der Waals surface area contributed by atoms with Gasteiger partial charge < -0.3 is 19.3 Å². The van der Waals surface area contributed by atoms with Crippen molar-refractivity contribution >= 4 is 14.8 Å². The first-order valence-electron chi connectivity index (χ1n) is 5.03. The van der Waals surface area contributed by atoms with Crippen molar-refractivity contribution in [3.05, 3.63) is 0 Å². The van der Waals surface area contributed by atoms with E-state index in [9.17, 15) is 0 Å². The van der Waals surface area contributed by atoms with Gasteiger partial charge >= 0.3 is 14.8 Å². The molecule has 2 rings (SSSR count). The average Bonchev–Trinajstić information content (AvgIpc) is 2.23. The number of rotatable bonds is 0. The first kappa shape index (κ1) is 10.5. The molecule has 1 N–H and O–H groups in total. The second-order valence-electron chi connectivity index (χ2n) is 5.31. The maximum atomic E-state index is 5.69. The van der Waals surface area contributed by atoms with Gasteiger partial charge in [0.05, 0.1) is 0 Å². The molecule has 77 valence electrons. The zero-order valence-corrected chi connectivity index (χ0v) is 9.33. The van der Waals surface area contributed by atoms with Gasteiger partial charge in [0.15, 0.2) is 0 Å². The van der Waals surface area contributed by atoms with Crippen LogP contribution in [0.1, 0.15) is 27.7 Å². The lowest BCUT2D eigenvalue weighted by Gasteiger charge is -2.30. The van der Waals surface area contributed by atoms with Crippen molar-refractivity contribution in [2.24, 2.45) is 0 Å². The van der Waals surface area contributed by atoms with Crippen molar-refractivity contribution < 1.29 is 9.31 Å². The molecule has 2 saturated heterocycles. The number of nitrogens with zero attached hydrogens (tertiary/aromatic N) is 1. The van der Waals surface area contributed by atoms with Crippen molar-refractivity contribution in [2.45, 2.75) is 38.8 Å². The molecule has 4 nitrogen and oxygen atoms in total. The van der Waals surface area contributed by atoms with Crippen LogP contribution in [0.3, 0.4) is 0 Å². The second kappa shape index (κ2) is 3.23. The maximum absolute atomic E-state index is 5.69. The molecule has 2 fully saturated rings. The van der Waals surface area contributed by atoms with E-state index >= 15 is 0 Å². The van der Waals surface area contributed by atoms with Crippen LogP contribution < -0.4 is 5.23 Å². The highest BCUT2D eigenvalue weighted by Gasteiger charge is 2.48. The van der Waals surface area contributed by atoms with Gasteiger partial charge in [0.2, 0.25) is 0 Å². The van der Waals surface area contributed by atoms with Crippen LogP contribution in [0.15, 0.2) is 0 Å². The summed E-state index contributed by atoms with van der Waals surface area (Å²) in [5.41, 5.74) is -0.0120. The Morgan fingerprint density at radius 1 is 1.21 bits per heavy atom. The predicted molar refractivity (Wildman–Crippen MR) is 56.5 cm³/mol. The van der Waals surface area contributed by atoms with Gasteiger partial charge in [0, 0.05) is 24.3 Å². The van der Waals surface area contributed by atoms with E-state index in [1.165, 1.54) is 0 Å². The molecule has 0 aromatic rings. The molecule has 1 radical (unpaired) electrons. The molecule has 2 aliphatic rings. The summed E-state index contributed by atoms with van der Waals surface area (Å²) in [4.78, 5) is 0. The van der Waals surface area contributed by atoms with Crippen LogP contribution in [0, 0.1) is 0 Å². The van der Waals surface area contributed by atoms with E-state index in [-0.39, 0.29) is 18.3 Å². The van der Waals surface area contributed by atoms with Gasteiger partial charge in [0.1, 0.15) is 0 Å². The van der Waals surface area contributed by atoms with E-state index in [0.717, 1.165) is 0 Å². The van der Waals surface area contributed by atoms with Gasteiger partial charge in [-0.25, -0.2) is 0 Å². The van der Waals surface area contributed by atoms with Crippen LogP contribution >= 0.6 is 0 Å². The van der Waals surface area contributed by atoms with E-state index in [0.29, 0.717) is 13.2 Å². The predicted octanol–water partition coefficient (Wildman–Crippen LogP) is 0.0147. The Labute approximate surface area is 86.8 Å². The standard InChI is InChI=1S/C8H17B2N2O2/c1-7(2)5-13-10-12(9-11-7)8(3,4)6-14-10/h11H,5-6H2,1-4H3. The third-order valence-corrected chi connectivity index (χ3v) is 2.69. The van der Waals surface area contributed by atoms with Crippen molar-refractivity contribution in [1.29, 1.82) is 0 Å². The van der Waals surface area contributed by atoms with Gasteiger partial charge in [-0.2, -0.15) is 0 Å². The van der Waals surface area contributed by atoms with E-state index in [4.69, 9.17) is 9.31 Å². The summed E-state index contributed by atoms with van der Waals surface area (Å²) in [5, 5.41) is 3.34. The summed E-state index contributed by atoms with van der Waals surface area (Å²) in [6, 6.07) is 0. The summed E-state index contributed by atoms with van der Waals surface area (Å²) in [5.74, 6) is 0. The Balaban J connectivity index is 2.10. The molecule has 0 aromatic carbocycles. The zero-order chi connectivity index (χ0) is 10.4. The maximum Gasteiger partial charge on any atom is 0.547 e. The molecular formula is C8H17B2N2O2. The number of nitrogens with one attached hydrogen (secondary N) is 1. The topological polar surface area (TPSA) is 33.7 Å². The highest BCUT2D eigenvalue weighted by Crippen LogP contribution is 2.25. The SMILES string of the molecule is CC1(C)COB2OCC(C)(C)N2[B]N1. The molecule has 0 bridgehead atoms. The van der Waals surface area contributed by atoms with Gasteiger partial charge in [-0.05, 0) is 27.7 Å². The molecule has 0 spiro atoms. The largest absolute Gasteiger partial charge is 0.547 e. The summed E-state index contributed by atoms with van der Waals surface area (Å²) in [7, 11) is 1.77. The lowest BCUT2D eigenvalue weighted by molar-refractivity contribution is 0.176. The average molecular weight is 195 g/mol. The Morgan fingerprint density at radius 3 is 2.57 bits per heavy atom. The monoisotopic (exact) mass is 195 g/mol. The van der Waals surface area contributed by atoms with Gasteiger partial charge in [0.25, 0.3) is 0 Å². The second-order valence-corrected chi connectivity index (χ2v) is 5.31. The molecule has 2 aliphatic heterocycles. The van der Waals surface area contributed by atoms with Crippen molar-refractivity contribution in [2.75, 3.05) is 13.2 Å². The Morgan fingerprint density at radius 2 is 1.86 bits per heavy atom. The van der Waals surface area contributed by atoms with Crippen LogP contribution in [0.5, 0.6) is 0 Å². The van der Waals surface area contributed by atoms with Crippen molar-refractivity contribution in [3.63, 3.8) is 0 Å². The summed E-state index contributed by atoms with van der Waals surface area (Å²) in [6.45, 7) is 9.87. The fraction of sp³-hybridized carbons (Fsp3) is 1.00. The molecule has 6 heteroatoms. The Kier molecular flexibility index (Phi) is 2.42. The van der Waals surface area contributed by atoms with Gasteiger partial charge in [-0.15, -0.1) is 0 Å². The third-order valence-electron chi connectivity index (χ3n) is 2.69. The van der Waals surface area contributed by atoms with Crippen LogP contribution in [0.25, 0.3) is 0 Å². The smallest absolute Gasteiger partial charge is 0.396 e. The van der Waals surface area contributed by atoms with Crippen LogP contribution in [0.4, 0.5) is 0 Å². The molecule has 2 heterocycles. The summed E-state index contributed by atoms with van der Waals surface area (Å²) >= 11 is 0. The number of hydrogen-bond donors (Lipinski definition) is 1. The van der Waals surface area contributed by atoms with E-state index in [1.54, 1.807) is 0 Å². The molecular weight excluding hydrogens is 178 g/mol. The quantitative estimate of drug-likeness (QED) is 0.552. The molecule has 0 unspecified atom stereocenters. The van der Waals surface area contributed by atoms with E-state index in [1.807, 2.05) is 7.55 Å². The highest BCUT2D eigenvalue weighted by molar-refractivity contribution is 6.55. The number of fused-ring (bicyclic) bond motifs is 1. The van der Waals surface area contributed by atoms with Crippen molar-refractivity contribution in [1.82, 2.24) is 9.95 Å². The van der Waals surface area contributed by atoms with Gasteiger partial charge in [-0.1, -0.05) is 0 Å². The van der Waals surface area contributed by atoms with E-state index in [2.05, 4.69) is 37.6 Å². The van der Waals surface area contributed by atoms with Crippen LogP contribution in [0.2, 0.25) is 0 Å². The van der Waals surface area contributed by atoms with Crippen LogP contribution in [-0.2, 0) is 9.31 Å². The number of hydrogen-bond acceptors (Lipinski definition) is 4. The fourth-order valence-electron chi connectivity index (χ4n) is 1.65. The first-order chi connectivity index (χ1) is 6.41. The lowest BCUT2D eigenvalue weighted by Crippen LogP contribution is -2.54. The molecule has 0 amide bonds. The summed E-state index contributed by atoms with van der Waals surface area (Å²) < 4.78 is 13.4. The minimum absolute atomic E-state index is 0.0120. The molecule has 14 heavy (non-hydrogen) atoms. The normalized spacial score (nSPS) is 30.7. The van der Waals surface area contributed by atoms with Crippen LogP contribution in [-0.4, -0.2) is 43.8 Å². The summed E-state index contributed by atoms with van der Waals surface area (Å²) in [6.07, 6.45) is 0. The highest BCUT2D eigenvalue weighted by atomic mass is 16.6. The van der Waals surface area contributed by atoms with E-state index < -0.39 is 0 Å². The molecule has 0 atom stereocenters. The minimum Gasteiger partial charge on any atom is -0.396 e. The first-order valence-corrected chi connectivity index (χ1v) is 5.03. The molecule has 0 saturated carbocycles. The fourth-order valence-corrected chi connectivity index (χ4v) is 1.65. The third kappa shape index (κ3) is 1.84. The minimum atomic E-state index is -0.223. The molecule has 0 aliphatic carbocycles. The Hall–Kier alpha value is -0.0301. The van der Waals surface area contributed by atoms with Gasteiger partial charge in [-0.3, -0.25) is 0 Å². The molecule has 0 aromatic heterocycles. The lowest BCUT2D eigenvalue weighted by atomic mass is 9.85. The Bertz CT molecular complexity index is 235. The van der Waals surface area contributed by atoms with Crippen molar-refractivity contribution in [3.8, 4) is 0 Å².